The quantitative estimate of drug-likeness (QED) is 0.717. The molecular formula is C13H14N2O6. The highest BCUT2D eigenvalue weighted by molar-refractivity contribution is 5.95. The molecule has 1 aromatic rings. The average molecular weight is 294 g/mol. The highest BCUT2D eigenvalue weighted by Gasteiger charge is 2.40. The average Bonchev–Trinajstić information content (AvgIpc) is 2.46. The number of amides is 1. The maximum atomic E-state index is 12.2. The van der Waals surface area contributed by atoms with Gasteiger partial charge in [-0.15, -0.1) is 0 Å². The molecule has 112 valence electrons. The molecule has 0 bridgehead atoms. The summed E-state index contributed by atoms with van der Waals surface area (Å²) in [5.74, 6) is -5.55. The Hall–Kier alpha value is -2.64. The van der Waals surface area contributed by atoms with Crippen LogP contribution in [-0.2, 0) is 9.59 Å². The molecule has 2 rings (SSSR count). The van der Waals surface area contributed by atoms with Crippen molar-refractivity contribution in [1.82, 2.24) is 9.88 Å². The minimum atomic E-state index is -1.26. The number of pyridine rings is 1. The summed E-state index contributed by atoms with van der Waals surface area (Å²) in [6, 6.07) is 2.77. The Kier molecular flexibility index (Phi) is 4.06. The van der Waals surface area contributed by atoms with Crippen molar-refractivity contribution in [3.05, 3.63) is 24.0 Å². The molecule has 21 heavy (non-hydrogen) atoms. The van der Waals surface area contributed by atoms with Crippen LogP contribution in [0.4, 0.5) is 0 Å². The Morgan fingerprint density at radius 2 is 1.86 bits per heavy atom. The lowest BCUT2D eigenvalue weighted by Gasteiger charge is -2.34. The number of carbonyl (C=O) groups is 3. The predicted molar refractivity (Wildman–Crippen MR) is 68.7 cm³/mol. The molecule has 1 amide bonds. The van der Waals surface area contributed by atoms with E-state index < -0.39 is 29.7 Å². The highest BCUT2D eigenvalue weighted by atomic mass is 16.4. The second-order valence-electron chi connectivity index (χ2n) is 4.80. The number of aromatic nitrogens is 1. The number of hydrogen-bond donors (Lipinski definition) is 3. The minimum Gasteiger partial charge on any atom is -0.505 e. The molecule has 2 unspecified atom stereocenters. The van der Waals surface area contributed by atoms with Crippen molar-refractivity contribution in [2.24, 2.45) is 11.8 Å². The number of aliphatic carboxylic acids is 2. The predicted octanol–water partition coefficient (Wildman–Crippen LogP) is 0.0347. The monoisotopic (exact) mass is 294 g/mol. The largest absolute Gasteiger partial charge is 0.505 e. The minimum absolute atomic E-state index is 0.0473. The fourth-order valence-electron chi connectivity index (χ4n) is 2.39. The van der Waals surface area contributed by atoms with Crippen LogP contribution in [0.5, 0.6) is 5.75 Å². The molecule has 0 aliphatic carbocycles. The molecule has 0 radical (unpaired) electrons. The Morgan fingerprint density at radius 3 is 2.43 bits per heavy atom. The van der Waals surface area contributed by atoms with Crippen LogP contribution in [0.3, 0.4) is 0 Å². The molecule has 8 heteroatoms. The van der Waals surface area contributed by atoms with E-state index in [-0.39, 0.29) is 31.0 Å². The van der Waals surface area contributed by atoms with Crippen molar-refractivity contribution in [3.8, 4) is 5.75 Å². The van der Waals surface area contributed by atoms with Crippen molar-refractivity contribution < 1.29 is 29.7 Å². The van der Waals surface area contributed by atoms with Gasteiger partial charge < -0.3 is 20.2 Å². The molecule has 1 aliphatic heterocycles. The van der Waals surface area contributed by atoms with E-state index in [0.29, 0.717) is 0 Å². The van der Waals surface area contributed by atoms with E-state index in [1.165, 1.54) is 23.2 Å². The Bertz CT molecular complexity index is 588. The van der Waals surface area contributed by atoms with Gasteiger partial charge in [0.05, 0.1) is 11.8 Å². The van der Waals surface area contributed by atoms with E-state index in [4.69, 9.17) is 10.2 Å². The summed E-state index contributed by atoms with van der Waals surface area (Å²) in [6.07, 6.45) is 1.39. The van der Waals surface area contributed by atoms with E-state index in [0.717, 1.165) is 0 Å². The fourth-order valence-corrected chi connectivity index (χ4v) is 2.39. The molecule has 2 heterocycles. The normalized spacial score (nSPS) is 21.8. The van der Waals surface area contributed by atoms with Crippen LogP contribution in [0.25, 0.3) is 0 Å². The molecule has 0 saturated carbocycles. The van der Waals surface area contributed by atoms with Gasteiger partial charge in [-0.3, -0.25) is 14.4 Å². The molecule has 0 aromatic carbocycles. The van der Waals surface area contributed by atoms with Gasteiger partial charge in [0, 0.05) is 19.3 Å². The third-order valence-electron chi connectivity index (χ3n) is 3.52. The second-order valence-corrected chi connectivity index (χ2v) is 4.80. The number of nitrogens with zero attached hydrogens (tertiary/aromatic N) is 2. The van der Waals surface area contributed by atoms with E-state index in [9.17, 15) is 19.5 Å². The molecule has 3 N–H and O–H groups in total. The van der Waals surface area contributed by atoms with Gasteiger partial charge in [-0.05, 0) is 18.6 Å². The Morgan fingerprint density at radius 1 is 1.19 bits per heavy atom. The SMILES string of the molecule is O=C(O)C1CCN(C(=O)c2ncccc2O)CC1C(=O)O. The van der Waals surface area contributed by atoms with E-state index in [2.05, 4.69) is 4.98 Å². The molecule has 1 aromatic heterocycles. The maximum absolute atomic E-state index is 12.2. The second kappa shape index (κ2) is 5.78. The number of carboxylic acids is 2. The first-order valence-corrected chi connectivity index (χ1v) is 6.30. The summed E-state index contributed by atoms with van der Waals surface area (Å²) in [6.45, 7) is -0.114. The molecular weight excluding hydrogens is 280 g/mol. The molecule has 8 nitrogen and oxygen atoms in total. The van der Waals surface area contributed by atoms with Crippen LogP contribution in [0.2, 0.25) is 0 Å². The van der Waals surface area contributed by atoms with Crippen molar-refractivity contribution in [3.63, 3.8) is 0 Å². The zero-order valence-corrected chi connectivity index (χ0v) is 11.0. The summed E-state index contributed by atoms with van der Waals surface area (Å²) < 4.78 is 0. The summed E-state index contributed by atoms with van der Waals surface area (Å²) in [4.78, 5) is 39.4. The first-order chi connectivity index (χ1) is 9.91. The van der Waals surface area contributed by atoms with Crippen LogP contribution in [0.1, 0.15) is 16.9 Å². The number of hydrogen-bond acceptors (Lipinski definition) is 5. The van der Waals surface area contributed by atoms with E-state index in [1.807, 2.05) is 0 Å². The summed E-state index contributed by atoms with van der Waals surface area (Å²) in [5.41, 5.74) is -0.171. The van der Waals surface area contributed by atoms with Crippen molar-refractivity contribution in [1.29, 1.82) is 0 Å². The Labute approximate surface area is 119 Å². The van der Waals surface area contributed by atoms with Gasteiger partial charge in [0.1, 0.15) is 5.75 Å². The van der Waals surface area contributed by atoms with Crippen molar-refractivity contribution in [2.45, 2.75) is 6.42 Å². The number of likely N-dealkylation sites (tertiary alicyclic amines) is 1. The molecule has 0 spiro atoms. The van der Waals surface area contributed by atoms with E-state index >= 15 is 0 Å². The third kappa shape index (κ3) is 2.93. The molecule has 2 atom stereocenters. The van der Waals surface area contributed by atoms with Crippen LogP contribution >= 0.6 is 0 Å². The standard InChI is InChI=1S/C13H14N2O6/c16-9-2-1-4-14-10(9)11(17)15-5-3-7(12(18)19)8(6-15)13(20)21/h1-2,4,7-8,16H,3,5-6H2,(H,18,19)(H,20,21). The van der Waals surface area contributed by atoms with Gasteiger partial charge >= 0.3 is 11.9 Å². The third-order valence-corrected chi connectivity index (χ3v) is 3.52. The first kappa shape index (κ1) is 14.8. The lowest BCUT2D eigenvalue weighted by molar-refractivity contribution is -0.156. The van der Waals surface area contributed by atoms with Crippen molar-refractivity contribution >= 4 is 17.8 Å². The molecule has 1 fully saturated rings. The zero-order chi connectivity index (χ0) is 15.6. The van der Waals surface area contributed by atoms with E-state index in [1.54, 1.807) is 0 Å². The maximum Gasteiger partial charge on any atom is 0.309 e. The lowest BCUT2D eigenvalue weighted by Crippen LogP contribution is -2.48. The first-order valence-electron chi connectivity index (χ1n) is 6.30. The number of carbonyl (C=O) groups excluding carboxylic acids is 1. The van der Waals surface area contributed by atoms with Gasteiger partial charge in [-0.2, -0.15) is 0 Å². The number of aromatic hydroxyl groups is 1. The van der Waals surface area contributed by atoms with Crippen molar-refractivity contribution in [2.75, 3.05) is 13.1 Å². The van der Waals surface area contributed by atoms with Gasteiger partial charge in [0.25, 0.3) is 5.91 Å². The van der Waals surface area contributed by atoms with Crippen LogP contribution in [0.15, 0.2) is 18.3 Å². The van der Waals surface area contributed by atoms with Crippen LogP contribution in [0, 0.1) is 11.8 Å². The van der Waals surface area contributed by atoms with Gasteiger partial charge in [-0.1, -0.05) is 0 Å². The highest BCUT2D eigenvalue weighted by Crippen LogP contribution is 2.26. The zero-order valence-electron chi connectivity index (χ0n) is 11.0. The number of rotatable bonds is 3. The topological polar surface area (TPSA) is 128 Å². The summed E-state index contributed by atoms with van der Waals surface area (Å²) >= 11 is 0. The van der Waals surface area contributed by atoms with Crippen LogP contribution in [-0.4, -0.2) is 56.1 Å². The molecule has 1 saturated heterocycles. The number of carboxylic acid groups (broad SMARTS) is 2. The van der Waals surface area contributed by atoms with Gasteiger partial charge in [0.15, 0.2) is 5.69 Å². The van der Waals surface area contributed by atoms with Gasteiger partial charge in [-0.25, -0.2) is 4.98 Å². The number of piperidine rings is 1. The van der Waals surface area contributed by atoms with Gasteiger partial charge in [0.2, 0.25) is 0 Å². The lowest BCUT2D eigenvalue weighted by atomic mass is 9.85. The Balaban J connectivity index is 2.20. The van der Waals surface area contributed by atoms with Crippen LogP contribution < -0.4 is 0 Å². The fraction of sp³-hybridized carbons (Fsp3) is 0.385. The summed E-state index contributed by atoms with van der Waals surface area (Å²) in [5, 5.41) is 27.7. The smallest absolute Gasteiger partial charge is 0.309 e. The summed E-state index contributed by atoms with van der Waals surface area (Å²) in [7, 11) is 0. The molecule has 1 aliphatic rings.